The first kappa shape index (κ1) is 17.0. The predicted molar refractivity (Wildman–Crippen MR) is 81.2 cm³/mol. The summed E-state index contributed by atoms with van der Waals surface area (Å²) in [5.41, 5.74) is 0.0600. The van der Waals surface area contributed by atoms with Gasteiger partial charge in [0.2, 0.25) is 6.29 Å². The van der Waals surface area contributed by atoms with Crippen LogP contribution in [0.4, 0.5) is 5.69 Å². The first-order valence-electron chi connectivity index (χ1n) is 7.17. The van der Waals surface area contributed by atoms with Crippen molar-refractivity contribution in [3.8, 4) is 0 Å². The van der Waals surface area contributed by atoms with Gasteiger partial charge in [-0.05, 0) is 17.7 Å². The lowest BCUT2D eigenvalue weighted by Crippen LogP contribution is -2.36. The Morgan fingerprint density at radius 2 is 1.87 bits per heavy atom. The summed E-state index contributed by atoms with van der Waals surface area (Å²) < 4.78 is 10.7. The van der Waals surface area contributed by atoms with Crippen molar-refractivity contribution in [1.29, 1.82) is 0 Å². The molecule has 7 nitrogen and oxygen atoms in total. The molecule has 23 heavy (non-hydrogen) atoms. The molecular weight excluding hydrogens is 302 g/mol. The van der Waals surface area contributed by atoms with Crippen LogP contribution in [0, 0.1) is 15.5 Å². The third-order valence-electron chi connectivity index (χ3n) is 3.35. The van der Waals surface area contributed by atoms with Gasteiger partial charge in [0.05, 0.1) is 17.1 Å². The van der Waals surface area contributed by atoms with Gasteiger partial charge in [-0.15, -0.1) is 0 Å². The number of carbonyl (C=O) groups excluding carboxylic acids is 1. The molecule has 2 atom stereocenters. The highest BCUT2D eigenvalue weighted by Gasteiger charge is 2.34. The van der Waals surface area contributed by atoms with E-state index in [1.165, 1.54) is 30.3 Å². The number of hydrogen-bond donors (Lipinski definition) is 1. The minimum absolute atomic E-state index is 0.0505. The molecule has 0 saturated heterocycles. The Morgan fingerprint density at radius 3 is 2.39 bits per heavy atom. The normalized spacial score (nSPS) is 19.4. The third-order valence-corrected chi connectivity index (χ3v) is 3.35. The van der Waals surface area contributed by atoms with Crippen LogP contribution in [-0.2, 0) is 14.3 Å². The fourth-order valence-electron chi connectivity index (χ4n) is 2.05. The van der Waals surface area contributed by atoms with Crippen LogP contribution in [0.3, 0.4) is 0 Å². The summed E-state index contributed by atoms with van der Waals surface area (Å²) in [5.74, 6) is -0.186. The second kappa shape index (κ2) is 6.37. The van der Waals surface area contributed by atoms with E-state index in [-0.39, 0.29) is 12.1 Å². The van der Waals surface area contributed by atoms with Crippen molar-refractivity contribution in [3.63, 3.8) is 0 Å². The molecule has 2 unspecified atom stereocenters. The number of aliphatic hydroxyl groups is 1. The van der Waals surface area contributed by atoms with Crippen molar-refractivity contribution >= 4 is 11.7 Å². The van der Waals surface area contributed by atoms with E-state index >= 15 is 0 Å². The van der Waals surface area contributed by atoms with Crippen molar-refractivity contribution in [2.45, 2.75) is 39.6 Å². The molecule has 0 radical (unpaired) electrons. The number of nitro groups is 1. The number of hydrogen-bond acceptors (Lipinski definition) is 6. The van der Waals surface area contributed by atoms with E-state index in [0.717, 1.165) is 0 Å². The van der Waals surface area contributed by atoms with Crippen molar-refractivity contribution in [2.24, 2.45) is 5.41 Å². The zero-order valence-electron chi connectivity index (χ0n) is 13.2. The molecule has 0 fully saturated rings. The number of non-ortho nitro benzene ring substituents is 1. The predicted octanol–water partition coefficient (Wildman–Crippen LogP) is 2.85. The van der Waals surface area contributed by atoms with Gasteiger partial charge >= 0.3 is 5.97 Å². The molecule has 0 spiro atoms. The molecule has 0 saturated carbocycles. The Hall–Kier alpha value is -2.41. The topological polar surface area (TPSA) is 98.9 Å². The molecule has 7 heteroatoms. The first-order valence-corrected chi connectivity index (χ1v) is 7.17. The maximum absolute atomic E-state index is 11.6. The van der Waals surface area contributed by atoms with Gasteiger partial charge in [0.15, 0.2) is 0 Å². The number of ether oxygens (including phenoxy) is 2. The number of carbonyl (C=O) groups is 1. The van der Waals surface area contributed by atoms with E-state index in [2.05, 4.69) is 0 Å². The fourth-order valence-corrected chi connectivity index (χ4v) is 2.05. The smallest absolute Gasteiger partial charge is 0.337 e. The molecular formula is C16H19NO6. The summed E-state index contributed by atoms with van der Waals surface area (Å²) in [7, 11) is 0. The summed E-state index contributed by atoms with van der Waals surface area (Å²) in [6, 6.07) is 5.60. The van der Waals surface area contributed by atoms with Crippen LogP contribution in [0.5, 0.6) is 0 Å². The van der Waals surface area contributed by atoms with E-state index in [0.29, 0.717) is 11.3 Å². The molecule has 1 aromatic rings. The molecule has 1 aliphatic heterocycles. The van der Waals surface area contributed by atoms with E-state index in [1.807, 2.05) is 20.8 Å². The Labute approximate surface area is 133 Å². The summed E-state index contributed by atoms with van der Waals surface area (Å²) in [6.07, 6.45) is -0.372. The number of nitrogens with zero attached hydrogens (tertiary/aromatic N) is 1. The fraction of sp³-hybridized carbons (Fsp3) is 0.438. The highest BCUT2D eigenvalue weighted by Crippen LogP contribution is 2.32. The van der Waals surface area contributed by atoms with Crippen molar-refractivity contribution in [3.05, 3.63) is 51.8 Å². The number of aliphatic hydroxyl groups excluding tert-OH is 1. The van der Waals surface area contributed by atoms with Gasteiger partial charge < -0.3 is 14.6 Å². The number of benzene rings is 1. The van der Waals surface area contributed by atoms with E-state index < -0.39 is 28.7 Å². The lowest BCUT2D eigenvalue weighted by Gasteiger charge is -2.33. The summed E-state index contributed by atoms with van der Waals surface area (Å²) >= 11 is 0. The van der Waals surface area contributed by atoms with Crippen LogP contribution in [-0.4, -0.2) is 22.3 Å². The number of esters is 1. The SMILES string of the molecule is CC(C)(C)C1OC(=O)C=C(CC(O)c2ccc([N+](=O)[O-])cc2)O1. The van der Waals surface area contributed by atoms with Crippen LogP contribution in [0.15, 0.2) is 36.1 Å². The van der Waals surface area contributed by atoms with Gasteiger partial charge in [-0.25, -0.2) is 4.79 Å². The van der Waals surface area contributed by atoms with Crippen LogP contribution in [0.2, 0.25) is 0 Å². The zero-order valence-corrected chi connectivity index (χ0v) is 13.2. The summed E-state index contributed by atoms with van der Waals surface area (Å²) in [4.78, 5) is 21.8. The van der Waals surface area contributed by atoms with Crippen molar-refractivity contribution in [1.82, 2.24) is 0 Å². The van der Waals surface area contributed by atoms with E-state index in [4.69, 9.17) is 9.47 Å². The average molecular weight is 321 g/mol. The van der Waals surface area contributed by atoms with Gasteiger partial charge in [0.1, 0.15) is 5.76 Å². The lowest BCUT2D eigenvalue weighted by molar-refractivity contribution is -0.384. The molecule has 2 rings (SSSR count). The molecule has 1 aromatic carbocycles. The second-order valence-corrected chi connectivity index (χ2v) is 6.43. The van der Waals surface area contributed by atoms with Gasteiger partial charge in [-0.1, -0.05) is 20.8 Å². The highest BCUT2D eigenvalue weighted by molar-refractivity contribution is 5.83. The highest BCUT2D eigenvalue weighted by atomic mass is 16.7. The van der Waals surface area contributed by atoms with Crippen molar-refractivity contribution < 1.29 is 24.3 Å². The molecule has 124 valence electrons. The Balaban J connectivity index is 2.08. The Morgan fingerprint density at radius 1 is 1.26 bits per heavy atom. The van der Waals surface area contributed by atoms with Crippen LogP contribution in [0.25, 0.3) is 0 Å². The van der Waals surface area contributed by atoms with Crippen LogP contribution >= 0.6 is 0 Å². The van der Waals surface area contributed by atoms with Gasteiger partial charge in [0.25, 0.3) is 5.69 Å². The Bertz CT molecular complexity index is 629. The standard InChI is InChI=1S/C16H19NO6/c1-16(2,3)15-22-12(9-14(19)23-15)8-13(18)10-4-6-11(7-5-10)17(20)21/h4-7,9,13,15,18H,8H2,1-3H3. The third kappa shape index (κ3) is 4.29. The lowest BCUT2D eigenvalue weighted by atomic mass is 9.95. The van der Waals surface area contributed by atoms with E-state index in [9.17, 15) is 20.0 Å². The summed E-state index contributed by atoms with van der Waals surface area (Å²) in [6.45, 7) is 5.63. The first-order chi connectivity index (χ1) is 10.7. The maximum Gasteiger partial charge on any atom is 0.337 e. The minimum Gasteiger partial charge on any atom is -0.458 e. The minimum atomic E-state index is -0.937. The quantitative estimate of drug-likeness (QED) is 0.520. The Kier molecular flexibility index (Phi) is 4.70. The largest absolute Gasteiger partial charge is 0.458 e. The zero-order chi connectivity index (χ0) is 17.2. The van der Waals surface area contributed by atoms with Crippen molar-refractivity contribution in [2.75, 3.05) is 0 Å². The molecule has 1 heterocycles. The summed E-state index contributed by atoms with van der Waals surface area (Å²) in [5, 5.41) is 20.9. The monoisotopic (exact) mass is 321 g/mol. The number of cyclic esters (lactones) is 1. The molecule has 0 amide bonds. The van der Waals surface area contributed by atoms with Gasteiger partial charge in [0, 0.05) is 24.0 Å². The molecule has 0 aliphatic carbocycles. The molecule has 0 aromatic heterocycles. The van der Waals surface area contributed by atoms with Crippen LogP contribution in [0.1, 0.15) is 38.9 Å². The number of rotatable bonds is 4. The molecule has 1 N–H and O–H groups in total. The van der Waals surface area contributed by atoms with E-state index in [1.54, 1.807) is 0 Å². The average Bonchev–Trinajstić information content (AvgIpc) is 2.45. The molecule has 1 aliphatic rings. The second-order valence-electron chi connectivity index (χ2n) is 6.43. The molecule has 0 bridgehead atoms. The van der Waals surface area contributed by atoms with Crippen LogP contribution < -0.4 is 0 Å². The van der Waals surface area contributed by atoms with Gasteiger partial charge in [-0.3, -0.25) is 10.1 Å². The maximum atomic E-state index is 11.6. The van der Waals surface area contributed by atoms with Gasteiger partial charge in [-0.2, -0.15) is 0 Å². The number of nitro benzene ring substituents is 1.